The van der Waals surface area contributed by atoms with Crippen molar-refractivity contribution in [2.45, 2.75) is 58.4 Å². The molecule has 1 rings (SSSR count). The molecular formula is C13H20O8. The number of hydrogen-bond acceptors (Lipinski definition) is 8. The van der Waals surface area contributed by atoms with Crippen molar-refractivity contribution in [2.75, 3.05) is 7.11 Å². The summed E-state index contributed by atoms with van der Waals surface area (Å²) < 4.78 is 26.0. The van der Waals surface area contributed by atoms with E-state index in [0.29, 0.717) is 0 Å². The summed E-state index contributed by atoms with van der Waals surface area (Å²) in [6.45, 7) is 5.27. The third-order valence-corrected chi connectivity index (χ3v) is 2.87. The van der Waals surface area contributed by atoms with Gasteiger partial charge in [0, 0.05) is 27.9 Å². The normalized spacial score (nSPS) is 32.1. The lowest BCUT2D eigenvalue weighted by Crippen LogP contribution is -2.60. The molecule has 0 saturated carbocycles. The first-order valence-corrected chi connectivity index (χ1v) is 6.46. The Balaban J connectivity index is 3.08. The van der Waals surface area contributed by atoms with Crippen molar-refractivity contribution in [1.29, 1.82) is 0 Å². The van der Waals surface area contributed by atoms with Crippen molar-refractivity contribution in [1.82, 2.24) is 0 Å². The van der Waals surface area contributed by atoms with Gasteiger partial charge in [-0.05, 0) is 6.92 Å². The second kappa shape index (κ2) is 7.37. The molecule has 21 heavy (non-hydrogen) atoms. The fourth-order valence-electron chi connectivity index (χ4n) is 2.16. The molecule has 1 aliphatic heterocycles. The number of methoxy groups -OCH3 is 1. The van der Waals surface area contributed by atoms with Crippen LogP contribution in [0.25, 0.3) is 0 Å². The van der Waals surface area contributed by atoms with Crippen molar-refractivity contribution in [3.8, 4) is 0 Å². The first-order chi connectivity index (χ1) is 9.76. The Bertz CT molecular complexity index is 407. The van der Waals surface area contributed by atoms with Crippen molar-refractivity contribution < 1.29 is 38.1 Å². The van der Waals surface area contributed by atoms with Gasteiger partial charge < -0.3 is 23.7 Å². The molecule has 1 heterocycles. The molecule has 0 amide bonds. The van der Waals surface area contributed by atoms with E-state index in [9.17, 15) is 14.4 Å². The highest BCUT2D eigenvalue weighted by atomic mass is 16.7. The minimum Gasteiger partial charge on any atom is -0.456 e. The lowest BCUT2D eigenvalue weighted by atomic mass is 9.99. The van der Waals surface area contributed by atoms with E-state index in [2.05, 4.69) is 0 Å². The highest BCUT2D eigenvalue weighted by Crippen LogP contribution is 2.28. The Morgan fingerprint density at radius 1 is 0.810 bits per heavy atom. The van der Waals surface area contributed by atoms with Gasteiger partial charge in [0.15, 0.2) is 24.6 Å². The SMILES string of the molecule is CO[C@@H]1O[C@@H](C)[C@@H](OC(C)=O)[C@@H](OC(C)=O)[C@@H]1OC(C)=O. The predicted molar refractivity (Wildman–Crippen MR) is 68.0 cm³/mol. The second-order valence-electron chi connectivity index (χ2n) is 4.67. The van der Waals surface area contributed by atoms with Gasteiger partial charge in [-0.1, -0.05) is 0 Å². The number of hydrogen-bond donors (Lipinski definition) is 0. The zero-order valence-electron chi connectivity index (χ0n) is 12.7. The maximum Gasteiger partial charge on any atom is 0.303 e. The van der Waals surface area contributed by atoms with Crippen LogP contribution in [0.5, 0.6) is 0 Å². The van der Waals surface area contributed by atoms with Crippen LogP contribution in [0.2, 0.25) is 0 Å². The van der Waals surface area contributed by atoms with Crippen LogP contribution in [0.15, 0.2) is 0 Å². The van der Waals surface area contributed by atoms with Crippen LogP contribution in [-0.2, 0) is 38.1 Å². The molecule has 5 atom stereocenters. The summed E-state index contributed by atoms with van der Waals surface area (Å²) in [5.74, 6) is -1.76. The number of rotatable bonds is 4. The van der Waals surface area contributed by atoms with Crippen molar-refractivity contribution in [3.05, 3.63) is 0 Å². The van der Waals surface area contributed by atoms with Gasteiger partial charge >= 0.3 is 17.9 Å². The molecule has 0 aliphatic carbocycles. The smallest absolute Gasteiger partial charge is 0.303 e. The van der Waals surface area contributed by atoms with E-state index >= 15 is 0 Å². The van der Waals surface area contributed by atoms with E-state index in [1.54, 1.807) is 6.92 Å². The third-order valence-electron chi connectivity index (χ3n) is 2.87. The average molecular weight is 304 g/mol. The molecule has 0 aromatic heterocycles. The predicted octanol–water partition coefficient (Wildman–Crippen LogP) is 0.173. The lowest BCUT2D eigenvalue weighted by Gasteiger charge is -2.42. The Hall–Kier alpha value is -1.67. The Labute approximate surface area is 122 Å². The van der Waals surface area contributed by atoms with E-state index in [-0.39, 0.29) is 0 Å². The molecule has 0 bridgehead atoms. The number of carbonyl (C=O) groups is 3. The van der Waals surface area contributed by atoms with Crippen LogP contribution in [0, 0.1) is 0 Å². The van der Waals surface area contributed by atoms with Crippen molar-refractivity contribution >= 4 is 17.9 Å². The van der Waals surface area contributed by atoms with E-state index in [4.69, 9.17) is 23.7 Å². The van der Waals surface area contributed by atoms with Crippen molar-refractivity contribution in [3.63, 3.8) is 0 Å². The number of esters is 3. The van der Waals surface area contributed by atoms with Crippen LogP contribution >= 0.6 is 0 Å². The average Bonchev–Trinajstić information content (AvgIpc) is 2.35. The maximum atomic E-state index is 11.3. The Morgan fingerprint density at radius 3 is 1.67 bits per heavy atom. The largest absolute Gasteiger partial charge is 0.456 e. The van der Waals surface area contributed by atoms with Gasteiger partial charge in [-0.15, -0.1) is 0 Å². The fraction of sp³-hybridized carbons (Fsp3) is 0.769. The second-order valence-corrected chi connectivity index (χ2v) is 4.67. The summed E-state index contributed by atoms with van der Waals surface area (Å²) in [5, 5.41) is 0. The van der Waals surface area contributed by atoms with Gasteiger partial charge in [0.1, 0.15) is 0 Å². The summed E-state index contributed by atoms with van der Waals surface area (Å²) in [7, 11) is 1.37. The molecule has 0 spiro atoms. The van der Waals surface area contributed by atoms with Crippen LogP contribution in [0.1, 0.15) is 27.7 Å². The summed E-state index contributed by atoms with van der Waals surface area (Å²) in [6.07, 6.45) is -4.47. The quantitative estimate of drug-likeness (QED) is 0.535. The summed E-state index contributed by atoms with van der Waals surface area (Å²) >= 11 is 0. The number of carbonyl (C=O) groups excluding carboxylic acids is 3. The topological polar surface area (TPSA) is 97.4 Å². The molecule has 0 N–H and O–H groups in total. The lowest BCUT2D eigenvalue weighted by molar-refractivity contribution is -0.294. The molecule has 120 valence electrons. The van der Waals surface area contributed by atoms with E-state index < -0.39 is 48.6 Å². The van der Waals surface area contributed by atoms with Gasteiger partial charge in [0.05, 0.1) is 6.10 Å². The molecular weight excluding hydrogens is 284 g/mol. The first-order valence-electron chi connectivity index (χ1n) is 6.46. The van der Waals surface area contributed by atoms with Gasteiger partial charge in [0.25, 0.3) is 0 Å². The maximum absolute atomic E-state index is 11.3. The zero-order valence-corrected chi connectivity index (χ0v) is 12.7. The molecule has 1 saturated heterocycles. The van der Waals surface area contributed by atoms with E-state index in [1.165, 1.54) is 27.9 Å². The highest BCUT2D eigenvalue weighted by Gasteiger charge is 2.50. The van der Waals surface area contributed by atoms with Gasteiger partial charge in [0.2, 0.25) is 0 Å². The molecule has 8 heteroatoms. The Morgan fingerprint density at radius 2 is 1.24 bits per heavy atom. The third kappa shape index (κ3) is 4.68. The van der Waals surface area contributed by atoms with E-state index in [1.807, 2.05) is 0 Å². The van der Waals surface area contributed by atoms with Crippen molar-refractivity contribution in [2.24, 2.45) is 0 Å². The van der Waals surface area contributed by atoms with E-state index in [0.717, 1.165) is 0 Å². The van der Waals surface area contributed by atoms with Gasteiger partial charge in [-0.2, -0.15) is 0 Å². The molecule has 1 fully saturated rings. The molecule has 1 aliphatic rings. The molecule has 0 aromatic rings. The minimum absolute atomic E-state index is 0.565. The van der Waals surface area contributed by atoms with Gasteiger partial charge in [-0.25, -0.2) is 0 Å². The summed E-state index contributed by atoms with van der Waals surface area (Å²) in [4.78, 5) is 33.7. The summed E-state index contributed by atoms with van der Waals surface area (Å²) in [5.41, 5.74) is 0. The summed E-state index contributed by atoms with van der Waals surface area (Å²) in [6, 6.07) is 0. The molecule has 8 nitrogen and oxygen atoms in total. The minimum atomic E-state index is -1.03. The van der Waals surface area contributed by atoms with Crippen LogP contribution in [-0.4, -0.2) is 55.7 Å². The van der Waals surface area contributed by atoms with Crippen LogP contribution < -0.4 is 0 Å². The number of ether oxygens (including phenoxy) is 5. The standard InChI is InChI=1S/C13H20O8/c1-6-10(19-7(2)14)11(20-8(3)15)12(21-9(4)16)13(17-5)18-6/h6,10-13H,1-5H3/t6-,10+,11+,12-,13+/m0/s1. The Kier molecular flexibility index (Phi) is 6.10. The molecule has 0 unspecified atom stereocenters. The van der Waals surface area contributed by atoms with Crippen LogP contribution in [0.4, 0.5) is 0 Å². The fourth-order valence-corrected chi connectivity index (χ4v) is 2.16. The van der Waals surface area contributed by atoms with Gasteiger partial charge in [-0.3, -0.25) is 14.4 Å². The highest BCUT2D eigenvalue weighted by molar-refractivity contribution is 5.68. The zero-order chi connectivity index (χ0) is 16.2. The molecule has 0 aromatic carbocycles. The molecule has 0 radical (unpaired) electrons. The van der Waals surface area contributed by atoms with Crippen LogP contribution in [0.3, 0.4) is 0 Å². The monoisotopic (exact) mass is 304 g/mol. The first kappa shape index (κ1) is 17.4.